The average molecular weight is 241 g/mol. The Balaban J connectivity index is 2.00. The van der Waals surface area contributed by atoms with Gasteiger partial charge in [0.25, 0.3) is 0 Å². The minimum atomic E-state index is 0.0652. The van der Waals surface area contributed by atoms with E-state index in [1.54, 1.807) is 0 Å². The Morgan fingerprint density at radius 2 is 1.72 bits per heavy atom. The maximum absolute atomic E-state index is 5.81. The Bertz CT molecular complexity index is 503. The van der Waals surface area contributed by atoms with E-state index in [9.17, 15) is 0 Å². The molecule has 0 saturated heterocycles. The van der Waals surface area contributed by atoms with Crippen LogP contribution in [0.2, 0.25) is 0 Å². The SMILES string of the molecule is Cc1ccccc1COc1ccc([C@@H](C)N)cc1. The van der Waals surface area contributed by atoms with Gasteiger partial charge >= 0.3 is 0 Å². The summed E-state index contributed by atoms with van der Waals surface area (Å²) < 4.78 is 5.77. The first kappa shape index (κ1) is 12.7. The van der Waals surface area contributed by atoms with Crippen LogP contribution >= 0.6 is 0 Å². The van der Waals surface area contributed by atoms with Gasteiger partial charge in [-0.25, -0.2) is 0 Å². The molecule has 0 saturated carbocycles. The van der Waals surface area contributed by atoms with Gasteiger partial charge in [0, 0.05) is 6.04 Å². The first-order valence-corrected chi connectivity index (χ1v) is 6.19. The lowest BCUT2D eigenvalue weighted by Gasteiger charge is -2.10. The molecule has 1 atom stereocenters. The van der Waals surface area contributed by atoms with Crippen molar-refractivity contribution in [2.75, 3.05) is 0 Å². The average Bonchev–Trinajstić information content (AvgIpc) is 2.38. The van der Waals surface area contributed by atoms with Crippen LogP contribution in [0.4, 0.5) is 0 Å². The van der Waals surface area contributed by atoms with Crippen molar-refractivity contribution in [1.29, 1.82) is 0 Å². The third kappa shape index (κ3) is 3.11. The van der Waals surface area contributed by atoms with Crippen LogP contribution in [0.25, 0.3) is 0 Å². The molecule has 0 radical (unpaired) electrons. The van der Waals surface area contributed by atoms with E-state index in [1.807, 2.05) is 43.3 Å². The van der Waals surface area contributed by atoms with Gasteiger partial charge in [-0.05, 0) is 42.7 Å². The molecule has 2 rings (SSSR count). The number of hydrogen-bond donors (Lipinski definition) is 1. The summed E-state index contributed by atoms with van der Waals surface area (Å²) in [7, 11) is 0. The molecule has 0 heterocycles. The van der Waals surface area contributed by atoms with Crippen molar-refractivity contribution in [3.05, 3.63) is 65.2 Å². The molecule has 0 aromatic heterocycles. The summed E-state index contributed by atoms with van der Waals surface area (Å²) in [4.78, 5) is 0. The zero-order chi connectivity index (χ0) is 13.0. The number of rotatable bonds is 4. The number of hydrogen-bond acceptors (Lipinski definition) is 2. The molecule has 0 unspecified atom stereocenters. The molecular weight excluding hydrogens is 222 g/mol. The lowest BCUT2D eigenvalue weighted by Crippen LogP contribution is -2.04. The molecule has 94 valence electrons. The predicted molar refractivity (Wildman–Crippen MR) is 74.6 cm³/mol. The lowest BCUT2D eigenvalue weighted by atomic mass is 10.1. The van der Waals surface area contributed by atoms with E-state index >= 15 is 0 Å². The molecule has 2 aromatic carbocycles. The standard InChI is InChI=1S/C16H19NO/c1-12-5-3-4-6-15(12)11-18-16-9-7-14(8-10-16)13(2)17/h3-10,13H,11,17H2,1-2H3/t13-/m1/s1. The van der Waals surface area contributed by atoms with E-state index in [1.165, 1.54) is 11.1 Å². The fourth-order valence-electron chi connectivity index (χ4n) is 1.80. The van der Waals surface area contributed by atoms with E-state index in [4.69, 9.17) is 10.5 Å². The van der Waals surface area contributed by atoms with Crippen LogP contribution < -0.4 is 10.5 Å². The second-order valence-electron chi connectivity index (χ2n) is 4.57. The first-order chi connectivity index (χ1) is 8.66. The molecular formula is C16H19NO. The molecule has 2 N–H and O–H groups in total. The molecule has 0 aliphatic heterocycles. The highest BCUT2D eigenvalue weighted by molar-refractivity contribution is 5.30. The second kappa shape index (κ2) is 5.69. The molecule has 2 aromatic rings. The van der Waals surface area contributed by atoms with Gasteiger partial charge in [0.2, 0.25) is 0 Å². The van der Waals surface area contributed by atoms with Crippen LogP contribution in [0, 0.1) is 6.92 Å². The van der Waals surface area contributed by atoms with Crippen molar-refractivity contribution >= 4 is 0 Å². The predicted octanol–water partition coefficient (Wildman–Crippen LogP) is 3.59. The number of ether oxygens (including phenoxy) is 1. The van der Waals surface area contributed by atoms with Crippen molar-refractivity contribution < 1.29 is 4.74 Å². The normalized spacial score (nSPS) is 12.2. The number of aryl methyl sites for hydroxylation is 1. The van der Waals surface area contributed by atoms with Gasteiger partial charge in [0.05, 0.1) is 0 Å². The molecule has 0 amide bonds. The van der Waals surface area contributed by atoms with Crippen molar-refractivity contribution in [3.8, 4) is 5.75 Å². The second-order valence-corrected chi connectivity index (χ2v) is 4.57. The molecule has 0 spiro atoms. The highest BCUT2D eigenvalue weighted by Crippen LogP contribution is 2.18. The van der Waals surface area contributed by atoms with Crippen LogP contribution in [-0.4, -0.2) is 0 Å². The van der Waals surface area contributed by atoms with Crippen molar-refractivity contribution in [3.63, 3.8) is 0 Å². The fourth-order valence-corrected chi connectivity index (χ4v) is 1.80. The summed E-state index contributed by atoms with van der Waals surface area (Å²) in [5.41, 5.74) is 9.40. The smallest absolute Gasteiger partial charge is 0.119 e. The summed E-state index contributed by atoms with van der Waals surface area (Å²) in [5, 5.41) is 0. The molecule has 0 fully saturated rings. The molecule has 0 bridgehead atoms. The van der Waals surface area contributed by atoms with Crippen molar-refractivity contribution in [1.82, 2.24) is 0 Å². The summed E-state index contributed by atoms with van der Waals surface area (Å²) in [6.45, 7) is 4.67. The monoisotopic (exact) mass is 241 g/mol. The van der Waals surface area contributed by atoms with Crippen LogP contribution in [0.1, 0.15) is 29.7 Å². The van der Waals surface area contributed by atoms with Gasteiger partial charge in [0.1, 0.15) is 12.4 Å². The molecule has 0 aliphatic carbocycles. The molecule has 2 heteroatoms. The van der Waals surface area contributed by atoms with E-state index in [0.717, 1.165) is 11.3 Å². The summed E-state index contributed by atoms with van der Waals surface area (Å²) in [6, 6.07) is 16.3. The zero-order valence-electron chi connectivity index (χ0n) is 10.9. The van der Waals surface area contributed by atoms with Gasteiger partial charge in [0.15, 0.2) is 0 Å². The van der Waals surface area contributed by atoms with Crippen LogP contribution in [0.5, 0.6) is 5.75 Å². The zero-order valence-corrected chi connectivity index (χ0v) is 10.9. The Morgan fingerprint density at radius 3 is 2.33 bits per heavy atom. The lowest BCUT2D eigenvalue weighted by molar-refractivity contribution is 0.305. The minimum absolute atomic E-state index is 0.0652. The van der Waals surface area contributed by atoms with Gasteiger partial charge in [-0.3, -0.25) is 0 Å². The van der Waals surface area contributed by atoms with Crippen LogP contribution in [0.3, 0.4) is 0 Å². The first-order valence-electron chi connectivity index (χ1n) is 6.19. The van der Waals surface area contributed by atoms with E-state index in [-0.39, 0.29) is 6.04 Å². The Labute approximate surface area is 108 Å². The Kier molecular flexibility index (Phi) is 4.00. The number of benzene rings is 2. The van der Waals surface area contributed by atoms with Gasteiger partial charge in [-0.1, -0.05) is 36.4 Å². The van der Waals surface area contributed by atoms with Crippen LogP contribution in [-0.2, 0) is 6.61 Å². The topological polar surface area (TPSA) is 35.2 Å². The minimum Gasteiger partial charge on any atom is -0.489 e. The highest BCUT2D eigenvalue weighted by Gasteiger charge is 2.01. The molecule has 0 aliphatic rings. The van der Waals surface area contributed by atoms with Crippen molar-refractivity contribution in [2.24, 2.45) is 5.73 Å². The van der Waals surface area contributed by atoms with E-state index in [2.05, 4.69) is 19.1 Å². The van der Waals surface area contributed by atoms with Gasteiger partial charge in [-0.15, -0.1) is 0 Å². The summed E-state index contributed by atoms with van der Waals surface area (Å²) in [6.07, 6.45) is 0. The van der Waals surface area contributed by atoms with Gasteiger partial charge < -0.3 is 10.5 Å². The largest absolute Gasteiger partial charge is 0.489 e. The Hall–Kier alpha value is -1.80. The van der Waals surface area contributed by atoms with Crippen molar-refractivity contribution in [2.45, 2.75) is 26.5 Å². The van der Waals surface area contributed by atoms with Gasteiger partial charge in [-0.2, -0.15) is 0 Å². The van der Waals surface area contributed by atoms with Crippen LogP contribution in [0.15, 0.2) is 48.5 Å². The number of nitrogens with two attached hydrogens (primary N) is 1. The maximum Gasteiger partial charge on any atom is 0.119 e. The highest BCUT2D eigenvalue weighted by atomic mass is 16.5. The third-order valence-corrected chi connectivity index (χ3v) is 3.06. The summed E-state index contributed by atoms with van der Waals surface area (Å²) >= 11 is 0. The summed E-state index contributed by atoms with van der Waals surface area (Å²) in [5.74, 6) is 0.877. The quantitative estimate of drug-likeness (QED) is 0.887. The third-order valence-electron chi connectivity index (χ3n) is 3.06. The fraction of sp³-hybridized carbons (Fsp3) is 0.250. The van der Waals surface area contributed by atoms with E-state index in [0.29, 0.717) is 6.61 Å². The molecule has 18 heavy (non-hydrogen) atoms. The Morgan fingerprint density at radius 1 is 1.06 bits per heavy atom. The maximum atomic E-state index is 5.81. The molecule has 2 nitrogen and oxygen atoms in total. The van der Waals surface area contributed by atoms with E-state index < -0.39 is 0 Å².